The molecule has 0 spiro atoms. The van der Waals surface area contributed by atoms with E-state index in [4.69, 9.17) is 11.6 Å². The van der Waals surface area contributed by atoms with Crippen molar-refractivity contribution in [1.29, 1.82) is 0 Å². The van der Waals surface area contributed by atoms with Gasteiger partial charge in [-0.3, -0.25) is 4.57 Å². The van der Waals surface area contributed by atoms with Gasteiger partial charge in [0.2, 0.25) is 0 Å². The van der Waals surface area contributed by atoms with Gasteiger partial charge in [0, 0.05) is 16.8 Å². The topological polar surface area (TPSA) is 47.8 Å². The third-order valence-electron chi connectivity index (χ3n) is 2.37. The summed E-state index contributed by atoms with van der Waals surface area (Å²) in [5.41, 5.74) is 1.30. The predicted octanol–water partition coefficient (Wildman–Crippen LogP) is 2.78. The molecule has 2 rings (SSSR count). The first kappa shape index (κ1) is 12.7. The Morgan fingerprint density at radius 1 is 1.53 bits per heavy atom. The fourth-order valence-corrected chi connectivity index (χ4v) is 2.75. The van der Waals surface area contributed by atoms with Gasteiger partial charge in [0.05, 0.1) is 16.7 Å². The quantitative estimate of drug-likeness (QED) is 0.848. The smallest absolute Gasteiger partial charge is 0.290 e. The lowest BCUT2D eigenvalue weighted by Gasteiger charge is -2.10. The normalized spacial score (nSPS) is 10.8. The molecule has 0 radical (unpaired) electrons. The SMILES string of the molecule is Cc1nc(=O)n(Cc2cnc(Cl)s2)c(C)c1Br. The fraction of sp³-hybridized carbons (Fsp3) is 0.300. The molecule has 0 aromatic carbocycles. The van der Waals surface area contributed by atoms with Crippen molar-refractivity contribution in [3.63, 3.8) is 0 Å². The fourth-order valence-electron chi connectivity index (χ4n) is 1.48. The van der Waals surface area contributed by atoms with E-state index in [-0.39, 0.29) is 5.69 Å². The third kappa shape index (κ3) is 2.59. The molecule has 0 fully saturated rings. The van der Waals surface area contributed by atoms with E-state index in [9.17, 15) is 4.79 Å². The highest BCUT2D eigenvalue weighted by atomic mass is 79.9. The average molecular weight is 335 g/mol. The van der Waals surface area contributed by atoms with Crippen LogP contribution in [0.2, 0.25) is 4.47 Å². The van der Waals surface area contributed by atoms with E-state index < -0.39 is 0 Å². The second-order valence-electron chi connectivity index (χ2n) is 3.54. The van der Waals surface area contributed by atoms with Crippen molar-refractivity contribution < 1.29 is 0 Å². The van der Waals surface area contributed by atoms with Gasteiger partial charge in [-0.25, -0.2) is 9.78 Å². The van der Waals surface area contributed by atoms with Gasteiger partial charge in [-0.05, 0) is 29.8 Å². The maximum Gasteiger partial charge on any atom is 0.348 e. The highest BCUT2D eigenvalue weighted by Gasteiger charge is 2.10. The molecule has 90 valence electrons. The summed E-state index contributed by atoms with van der Waals surface area (Å²) >= 11 is 10.5. The zero-order valence-electron chi connectivity index (χ0n) is 9.20. The summed E-state index contributed by atoms with van der Waals surface area (Å²) < 4.78 is 2.93. The Hall–Kier alpha value is -0.720. The van der Waals surface area contributed by atoms with Gasteiger partial charge in [-0.1, -0.05) is 11.6 Å². The van der Waals surface area contributed by atoms with E-state index in [1.807, 2.05) is 6.92 Å². The minimum atomic E-state index is -0.257. The van der Waals surface area contributed by atoms with Crippen molar-refractivity contribution in [2.24, 2.45) is 0 Å². The summed E-state index contributed by atoms with van der Waals surface area (Å²) in [7, 11) is 0. The Morgan fingerprint density at radius 2 is 2.24 bits per heavy atom. The zero-order chi connectivity index (χ0) is 12.6. The number of thiazole rings is 1. The van der Waals surface area contributed by atoms with E-state index >= 15 is 0 Å². The summed E-state index contributed by atoms with van der Waals surface area (Å²) in [5.74, 6) is 0. The number of hydrogen-bond acceptors (Lipinski definition) is 4. The van der Waals surface area contributed by atoms with Crippen molar-refractivity contribution in [1.82, 2.24) is 14.5 Å². The highest BCUT2D eigenvalue weighted by Crippen LogP contribution is 2.21. The van der Waals surface area contributed by atoms with Gasteiger partial charge in [0.25, 0.3) is 0 Å². The molecule has 2 heterocycles. The Labute approximate surface area is 115 Å². The van der Waals surface area contributed by atoms with Crippen LogP contribution in [0.5, 0.6) is 0 Å². The molecule has 0 aliphatic rings. The van der Waals surface area contributed by atoms with Gasteiger partial charge >= 0.3 is 5.69 Å². The number of aryl methyl sites for hydroxylation is 1. The van der Waals surface area contributed by atoms with Crippen LogP contribution in [0, 0.1) is 13.8 Å². The van der Waals surface area contributed by atoms with E-state index in [0.717, 1.165) is 15.0 Å². The van der Waals surface area contributed by atoms with Crippen molar-refractivity contribution in [2.75, 3.05) is 0 Å². The Balaban J connectivity index is 2.46. The monoisotopic (exact) mass is 333 g/mol. The van der Waals surface area contributed by atoms with Crippen molar-refractivity contribution in [2.45, 2.75) is 20.4 Å². The van der Waals surface area contributed by atoms with Gasteiger partial charge in [-0.2, -0.15) is 4.98 Å². The summed E-state index contributed by atoms with van der Waals surface area (Å²) in [5, 5.41) is 0. The predicted molar refractivity (Wildman–Crippen MR) is 71.9 cm³/mol. The van der Waals surface area contributed by atoms with Crippen LogP contribution in [-0.4, -0.2) is 14.5 Å². The minimum absolute atomic E-state index is 0.257. The van der Waals surface area contributed by atoms with Crippen LogP contribution in [-0.2, 0) is 6.54 Å². The molecule has 2 aromatic rings. The third-order valence-corrected chi connectivity index (χ3v) is 4.62. The van der Waals surface area contributed by atoms with Crippen LogP contribution in [0.25, 0.3) is 0 Å². The van der Waals surface area contributed by atoms with E-state index in [1.54, 1.807) is 17.7 Å². The van der Waals surface area contributed by atoms with Gasteiger partial charge < -0.3 is 0 Å². The standard InChI is InChI=1S/C10H9BrClN3OS/c1-5-8(11)6(2)15(10(16)14-5)4-7-3-13-9(12)17-7/h3H,4H2,1-2H3. The molecule has 4 nitrogen and oxygen atoms in total. The number of aromatic nitrogens is 3. The first-order chi connectivity index (χ1) is 7.99. The average Bonchev–Trinajstić information content (AvgIpc) is 2.67. The molecule has 17 heavy (non-hydrogen) atoms. The maximum absolute atomic E-state index is 11.8. The molecule has 0 atom stereocenters. The zero-order valence-corrected chi connectivity index (χ0v) is 12.4. The first-order valence-corrected chi connectivity index (χ1v) is 6.81. The van der Waals surface area contributed by atoms with Gasteiger partial charge in [0.15, 0.2) is 4.47 Å². The number of halogens is 2. The second kappa shape index (κ2) is 4.88. The highest BCUT2D eigenvalue weighted by molar-refractivity contribution is 9.10. The van der Waals surface area contributed by atoms with E-state index in [2.05, 4.69) is 25.9 Å². The molecule has 7 heteroatoms. The van der Waals surface area contributed by atoms with Crippen molar-refractivity contribution in [3.8, 4) is 0 Å². The first-order valence-electron chi connectivity index (χ1n) is 4.83. The van der Waals surface area contributed by atoms with Crippen LogP contribution in [0.4, 0.5) is 0 Å². The molecule has 0 amide bonds. The second-order valence-corrected chi connectivity index (χ2v) is 6.04. The Kier molecular flexibility index (Phi) is 3.65. The summed E-state index contributed by atoms with van der Waals surface area (Å²) in [6, 6.07) is 0. The Bertz CT molecular complexity index is 622. The lowest BCUT2D eigenvalue weighted by atomic mass is 10.3. The van der Waals surface area contributed by atoms with Crippen LogP contribution in [0.15, 0.2) is 15.5 Å². The van der Waals surface area contributed by atoms with Crippen LogP contribution < -0.4 is 5.69 Å². The number of nitrogens with zero attached hydrogens (tertiary/aromatic N) is 3. The van der Waals surface area contributed by atoms with Crippen molar-refractivity contribution >= 4 is 38.9 Å². The summed E-state index contributed by atoms with van der Waals surface area (Å²) in [4.78, 5) is 20.6. The molecule has 0 saturated carbocycles. The molecular weight excluding hydrogens is 326 g/mol. The molecular formula is C10H9BrClN3OS. The Morgan fingerprint density at radius 3 is 2.82 bits per heavy atom. The molecule has 0 unspecified atom stereocenters. The van der Waals surface area contributed by atoms with Crippen LogP contribution in [0.1, 0.15) is 16.3 Å². The minimum Gasteiger partial charge on any atom is -0.290 e. The molecule has 0 saturated heterocycles. The lowest BCUT2D eigenvalue weighted by Crippen LogP contribution is -2.26. The lowest BCUT2D eigenvalue weighted by molar-refractivity contribution is 0.694. The molecule has 0 aliphatic carbocycles. The van der Waals surface area contributed by atoms with Crippen molar-refractivity contribution in [3.05, 3.63) is 41.9 Å². The largest absolute Gasteiger partial charge is 0.348 e. The molecule has 0 aliphatic heterocycles. The number of rotatable bonds is 2. The number of hydrogen-bond donors (Lipinski definition) is 0. The summed E-state index contributed by atoms with van der Waals surface area (Å²) in [6.45, 7) is 4.12. The summed E-state index contributed by atoms with van der Waals surface area (Å²) in [6.07, 6.45) is 1.67. The van der Waals surface area contributed by atoms with Gasteiger partial charge in [-0.15, -0.1) is 11.3 Å². The van der Waals surface area contributed by atoms with Crippen LogP contribution in [0.3, 0.4) is 0 Å². The van der Waals surface area contributed by atoms with Crippen LogP contribution >= 0.6 is 38.9 Å². The molecule has 0 bridgehead atoms. The molecule has 2 aromatic heterocycles. The maximum atomic E-state index is 11.8. The van der Waals surface area contributed by atoms with Gasteiger partial charge in [0.1, 0.15) is 0 Å². The molecule has 0 N–H and O–H groups in total. The van der Waals surface area contributed by atoms with E-state index in [1.165, 1.54) is 11.3 Å². The van der Waals surface area contributed by atoms with E-state index in [0.29, 0.717) is 16.7 Å².